The van der Waals surface area contributed by atoms with Gasteiger partial charge < -0.3 is 15.7 Å². The highest BCUT2D eigenvalue weighted by Gasteiger charge is 2.23. The van der Waals surface area contributed by atoms with Gasteiger partial charge in [-0.2, -0.15) is 0 Å². The van der Waals surface area contributed by atoms with Crippen LogP contribution in [0.2, 0.25) is 0 Å². The highest BCUT2D eigenvalue weighted by atomic mass is 16.3. The van der Waals surface area contributed by atoms with Crippen LogP contribution in [0.4, 0.5) is 0 Å². The number of hydrogen-bond acceptors (Lipinski definition) is 3. The molecule has 0 spiro atoms. The zero-order valence-electron chi connectivity index (χ0n) is 12.0. The van der Waals surface area contributed by atoms with E-state index in [-0.39, 0.29) is 11.9 Å². The first kappa shape index (κ1) is 15.4. The molecule has 1 aliphatic carbocycles. The largest absolute Gasteiger partial charge is 0.389 e. The lowest BCUT2D eigenvalue weighted by Gasteiger charge is -2.25. The second-order valence-corrected chi connectivity index (χ2v) is 5.84. The Morgan fingerprint density at radius 3 is 2.61 bits per heavy atom. The summed E-state index contributed by atoms with van der Waals surface area (Å²) in [6.45, 7) is 6.17. The van der Waals surface area contributed by atoms with Crippen LogP contribution in [0.5, 0.6) is 0 Å². The van der Waals surface area contributed by atoms with Crippen molar-refractivity contribution in [2.45, 2.75) is 77.0 Å². The summed E-state index contributed by atoms with van der Waals surface area (Å²) < 4.78 is 0. The zero-order valence-corrected chi connectivity index (χ0v) is 12.0. The predicted molar refractivity (Wildman–Crippen MR) is 73.4 cm³/mol. The molecule has 1 aliphatic rings. The molecule has 0 bridgehead atoms. The Hall–Kier alpha value is -0.610. The Kier molecular flexibility index (Phi) is 6.09. The minimum Gasteiger partial charge on any atom is -0.389 e. The number of carbonyl (C=O) groups excluding carboxylic acids is 1. The summed E-state index contributed by atoms with van der Waals surface area (Å²) in [6, 6.07) is 0.117. The molecule has 4 heteroatoms. The maximum atomic E-state index is 11.9. The van der Waals surface area contributed by atoms with Gasteiger partial charge >= 0.3 is 0 Å². The molecule has 1 saturated carbocycles. The molecule has 2 unspecified atom stereocenters. The van der Waals surface area contributed by atoms with Gasteiger partial charge in [0.05, 0.1) is 11.6 Å². The summed E-state index contributed by atoms with van der Waals surface area (Å²) in [6.07, 6.45) is 6.34. The molecule has 0 aromatic rings. The molecule has 4 nitrogen and oxygen atoms in total. The fourth-order valence-corrected chi connectivity index (χ4v) is 2.49. The van der Waals surface area contributed by atoms with Gasteiger partial charge in [-0.25, -0.2) is 0 Å². The van der Waals surface area contributed by atoms with Crippen molar-refractivity contribution < 1.29 is 9.90 Å². The lowest BCUT2D eigenvalue weighted by atomic mass is 10.0. The number of nitrogens with one attached hydrogen (secondary N) is 2. The third-order valence-electron chi connectivity index (χ3n) is 3.67. The van der Waals surface area contributed by atoms with Crippen LogP contribution in [-0.4, -0.2) is 35.2 Å². The van der Waals surface area contributed by atoms with E-state index in [0.717, 1.165) is 25.7 Å². The van der Waals surface area contributed by atoms with Crippen molar-refractivity contribution in [2.75, 3.05) is 6.54 Å². The van der Waals surface area contributed by atoms with E-state index >= 15 is 0 Å². The van der Waals surface area contributed by atoms with Crippen molar-refractivity contribution in [3.8, 4) is 0 Å². The van der Waals surface area contributed by atoms with Gasteiger partial charge in [0.25, 0.3) is 0 Å². The summed E-state index contributed by atoms with van der Waals surface area (Å²) in [5.74, 6) is 0.0502. The van der Waals surface area contributed by atoms with E-state index in [9.17, 15) is 9.90 Å². The molecular weight excluding hydrogens is 228 g/mol. The van der Waals surface area contributed by atoms with Crippen LogP contribution in [0.3, 0.4) is 0 Å². The van der Waals surface area contributed by atoms with Crippen molar-refractivity contribution in [3.05, 3.63) is 0 Å². The number of carbonyl (C=O) groups is 1. The van der Waals surface area contributed by atoms with E-state index in [2.05, 4.69) is 10.6 Å². The molecule has 0 aromatic heterocycles. The highest BCUT2D eigenvalue weighted by Crippen LogP contribution is 2.17. The summed E-state index contributed by atoms with van der Waals surface area (Å²) >= 11 is 0. The number of amides is 1. The molecule has 0 heterocycles. The SMILES string of the molecule is CCCC(C)(O)CNC(C)C(=O)NC1CCCC1. The summed E-state index contributed by atoms with van der Waals surface area (Å²) in [7, 11) is 0. The third-order valence-corrected chi connectivity index (χ3v) is 3.67. The predicted octanol–water partition coefficient (Wildman–Crippen LogP) is 1.57. The first-order valence-electron chi connectivity index (χ1n) is 7.21. The van der Waals surface area contributed by atoms with Gasteiger partial charge in [-0.15, -0.1) is 0 Å². The molecule has 1 rings (SSSR count). The Labute approximate surface area is 111 Å². The first-order valence-corrected chi connectivity index (χ1v) is 7.21. The normalized spacial score (nSPS) is 21.6. The van der Waals surface area contributed by atoms with Gasteiger partial charge in [0.1, 0.15) is 0 Å². The molecule has 1 fully saturated rings. The number of rotatable bonds is 7. The molecule has 2 atom stereocenters. The van der Waals surface area contributed by atoms with Crippen molar-refractivity contribution in [1.29, 1.82) is 0 Å². The molecule has 0 saturated heterocycles. The van der Waals surface area contributed by atoms with Gasteiger partial charge in [-0.3, -0.25) is 4.79 Å². The van der Waals surface area contributed by atoms with E-state index in [1.165, 1.54) is 12.8 Å². The maximum absolute atomic E-state index is 11.9. The molecule has 0 aliphatic heterocycles. The van der Waals surface area contributed by atoms with Crippen LogP contribution in [0.1, 0.15) is 59.3 Å². The van der Waals surface area contributed by atoms with Crippen molar-refractivity contribution in [1.82, 2.24) is 10.6 Å². The average molecular weight is 256 g/mol. The second-order valence-electron chi connectivity index (χ2n) is 5.84. The lowest BCUT2D eigenvalue weighted by Crippen LogP contribution is -2.49. The number of aliphatic hydroxyl groups is 1. The first-order chi connectivity index (χ1) is 8.44. The second kappa shape index (κ2) is 7.10. The smallest absolute Gasteiger partial charge is 0.237 e. The monoisotopic (exact) mass is 256 g/mol. The molecule has 18 heavy (non-hydrogen) atoms. The van der Waals surface area contributed by atoms with Crippen LogP contribution < -0.4 is 10.6 Å². The standard InChI is InChI=1S/C14H28N2O2/c1-4-9-14(3,18)10-15-11(2)13(17)16-12-7-5-6-8-12/h11-12,15,18H,4-10H2,1-3H3,(H,16,17). The summed E-state index contributed by atoms with van der Waals surface area (Å²) in [5, 5.41) is 16.2. The maximum Gasteiger partial charge on any atom is 0.237 e. The van der Waals surface area contributed by atoms with Gasteiger partial charge in [0, 0.05) is 12.6 Å². The van der Waals surface area contributed by atoms with Gasteiger partial charge in [0.15, 0.2) is 0 Å². The van der Waals surface area contributed by atoms with E-state index < -0.39 is 5.60 Å². The van der Waals surface area contributed by atoms with Crippen LogP contribution in [0.15, 0.2) is 0 Å². The van der Waals surface area contributed by atoms with E-state index in [4.69, 9.17) is 0 Å². The minimum atomic E-state index is -0.726. The van der Waals surface area contributed by atoms with Crippen LogP contribution in [0, 0.1) is 0 Å². The molecular formula is C14H28N2O2. The minimum absolute atomic E-state index is 0.0502. The molecule has 1 amide bonds. The Morgan fingerprint density at radius 1 is 1.44 bits per heavy atom. The fraction of sp³-hybridized carbons (Fsp3) is 0.929. The Balaban J connectivity index is 2.26. The summed E-state index contributed by atoms with van der Waals surface area (Å²) in [4.78, 5) is 11.9. The van der Waals surface area contributed by atoms with E-state index in [1.54, 1.807) is 0 Å². The third kappa shape index (κ3) is 5.36. The van der Waals surface area contributed by atoms with Gasteiger partial charge in [0.2, 0.25) is 5.91 Å². The highest BCUT2D eigenvalue weighted by molar-refractivity contribution is 5.81. The zero-order chi connectivity index (χ0) is 13.6. The molecule has 3 N–H and O–H groups in total. The molecule has 0 aromatic carbocycles. The lowest BCUT2D eigenvalue weighted by molar-refractivity contribution is -0.123. The van der Waals surface area contributed by atoms with Crippen LogP contribution in [-0.2, 0) is 4.79 Å². The van der Waals surface area contributed by atoms with E-state index in [0.29, 0.717) is 12.6 Å². The molecule has 0 radical (unpaired) electrons. The number of hydrogen-bond donors (Lipinski definition) is 3. The van der Waals surface area contributed by atoms with Crippen molar-refractivity contribution in [2.24, 2.45) is 0 Å². The van der Waals surface area contributed by atoms with Crippen LogP contribution in [0.25, 0.3) is 0 Å². The van der Waals surface area contributed by atoms with Crippen LogP contribution >= 0.6 is 0 Å². The molecule has 106 valence electrons. The van der Waals surface area contributed by atoms with Gasteiger partial charge in [-0.1, -0.05) is 26.2 Å². The van der Waals surface area contributed by atoms with Crippen molar-refractivity contribution >= 4 is 5.91 Å². The Bertz CT molecular complexity index is 261. The Morgan fingerprint density at radius 2 is 2.06 bits per heavy atom. The quantitative estimate of drug-likeness (QED) is 0.648. The van der Waals surface area contributed by atoms with Crippen molar-refractivity contribution in [3.63, 3.8) is 0 Å². The topological polar surface area (TPSA) is 61.4 Å². The fourth-order valence-electron chi connectivity index (χ4n) is 2.49. The summed E-state index contributed by atoms with van der Waals surface area (Å²) in [5.41, 5.74) is -0.726. The average Bonchev–Trinajstić information content (AvgIpc) is 2.78. The van der Waals surface area contributed by atoms with E-state index in [1.807, 2.05) is 20.8 Å². The van der Waals surface area contributed by atoms with Gasteiger partial charge in [-0.05, 0) is 33.1 Å².